The number of ether oxygens (including phenoxy) is 1. The van der Waals surface area contributed by atoms with Crippen molar-refractivity contribution in [2.75, 3.05) is 19.7 Å². The van der Waals surface area contributed by atoms with Crippen LogP contribution < -0.4 is 5.32 Å². The Labute approximate surface area is 154 Å². The molecule has 1 aliphatic rings. The average Bonchev–Trinajstić information content (AvgIpc) is 3.16. The molecule has 1 atom stereocenters. The Morgan fingerprint density at radius 2 is 1.65 bits per heavy atom. The minimum Gasteiger partial charge on any atom is -0.376 e. The summed E-state index contributed by atoms with van der Waals surface area (Å²) >= 11 is 0. The van der Waals surface area contributed by atoms with Crippen LogP contribution in [-0.2, 0) is 27.5 Å². The van der Waals surface area contributed by atoms with Crippen molar-refractivity contribution in [3.63, 3.8) is 0 Å². The van der Waals surface area contributed by atoms with E-state index in [9.17, 15) is 9.59 Å². The summed E-state index contributed by atoms with van der Waals surface area (Å²) in [6.07, 6.45) is 0.868. The Morgan fingerprint density at radius 3 is 2.35 bits per heavy atom. The minimum atomic E-state index is -0.542. The van der Waals surface area contributed by atoms with E-state index < -0.39 is 11.8 Å². The highest BCUT2D eigenvalue weighted by molar-refractivity contribution is 6.35. The third-order valence-electron chi connectivity index (χ3n) is 4.53. The van der Waals surface area contributed by atoms with Gasteiger partial charge in [0.15, 0.2) is 0 Å². The number of carbonyl (C=O) groups is 2. The van der Waals surface area contributed by atoms with Crippen LogP contribution in [0.15, 0.2) is 60.7 Å². The third kappa shape index (κ3) is 5.17. The van der Waals surface area contributed by atoms with Gasteiger partial charge in [-0.1, -0.05) is 60.7 Å². The van der Waals surface area contributed by atoms with Crippen molar-refractivity contribution in [1.29, 1.82) is 0 Å². The minimum absolute atomic E-state index is 0.282. The molecule has 1 unspecified atom stereocenters. The number of hydrogen-bond donors (Lipinski definition) is 1. The van der Waals surface area contributed by atoms with E-state index in [1.807, 2.05) is 60.7 Å². The average molecular weight is 352 g/mol. The van der Waals surface area contributed by atoms with Crippen LogP contribution in [0.4, 0.5) is 0 Å². The van der Waals surface area contributed by atoms with Crippen molar-refractivity contribution in [2.45, 2.75) is 19.6 Å². The van der Waals surface area contributed by atoms with E-state index in [1.165, 1.54) is 0 Å². The molecule has 0 saturated carbocycles. The van der Waals surface area contributed by atoms with Crippen molar-refractivity contribution in [3.05, 3.63) is 71.8 Å². The largest absolute Gasteiger partial charge is 0.376 e. The fraction of sp³-hybridized carbons (Fsp3) is 0.333. The van der Waals surface area contributed by atoms with Crippen LogP contribution in [0, 0.1) is 5.92 Å². The normalized spacial score (nSPS) is 16.5. The van der Waals surface area contributed by atoms with Crippen LogP contribution in [-0.4, -0.2) is 36.4 Å². The van der Waals surface area contributed by atoms with Gasteiger partial charge in [-0.15, -0.1) is 0 Å². The van der Waals surface area contributed by atoms with E-state index in [4.69, 9.17) is 4.74 Å². The van der Waals surface area contributed by atoms with Gasteiger partial charge in [-0.05, 0) is 17.5 Å². The molecule has 0 aliphatic carbocycles. The molecule has 1 saturated heterocycles. The molecule has 2 aromatic carbocycles. The second kappa shape index (κ2) is 9.15. The summed E-state index contributed by atoms with van der Waals surface area (Å²) in [6.45, 7) is 2.72. The maximum Gasteiger partial charge on any atom is 0.311 e. The topological polar surface area (TPSA) is 58.6 Å². The summed E-state index contributed by atoms with van der Waals surface area (Å²) in [5.74, 6) is -0.712. The molecule has 0 radical (unpaired) electrons. The van der Waals surface area contributed by atoms with Gasteiger partial charge >= 0.3 is 11.8 Å². The van der Waals surface area contributed by atoms with Crippen molar-refractivity contribution >= 4 is 11.8 Å². The molecule has 136 valence electrons. The molecular formula is C21H24N2O3. The first-order valence-corrected chi connectivity index (χ1v) is 8.95. The van der Waals surface area contributed by atoms with Crippen molar-refractivity contribution in [3.8, 4) is 0 Å². The lowest BCUT2D eigenvalue weighted by Gasteiger charge is -2.16. The van der Waals surface area contributed by atoms with E-state index in [1.54, 1.807) is 4.90 Å². The van der Waals surface area contributed by atoms with E-state index in [0.717, 1.165) is 17.5 Å². The number of nitrogens with one attached hydrogen (secondary N) is 1. The Hall–Kier alpha value is -2.66. The smallest absolute Gasteiger partial charge is 0.311 e. The predicted octanol–water partition coefficient (Wildman–Crippen LogP) is 2.37. The van der Waals surface area contributed by atoms with Gasteiger partial charge in [0.2, 0.25) is 0 Å². The summed E-state index contributed by atoms with van der Waals surface area (Å²) in [5, 5.41) is 2.69. The first kappa shape index (κ1) is 18.1. The highest BCUT2D eigenvalue weighted by Gasteiger charge is 2.29. The molecule has 1 heterocycles. The lowest BCUT2D eigenvalue weighted by Crippen LogP contribution is -2.41. The Morgan fingerprint density at radius 1 is 1.00 bits per heavy atom. The molecule has 26 heavy (non-hydrogen) atoms. The first-order valence-electron chi connectivity index (χ1n) is 8.95. The highest BCUT2D eigenvalue weighted by atomic mass is 16.5. The monoisotopic (exact) mass is 352 g/mol. The molecule has 0 bridgehead atoms. The van der Waals surface area contributed by atoms with Crippen LogP contribution in [0.1, 0.15) is 17.5 Å². The third-order valence-corrected chi connectivity index (χ3v) is 4.53. The second-order valence-corrected chi connectivity index (χ2v) is 6.57. The summed E-state index contributed by atoms with van der Waals surface area (Å²) in [4.78, 5) is 26.0. The standard InChI is InChI=1S/C21H24N2O3/c24-20(22-13-17-7-3-1-4-8-17)21(25)23-12-11-19(14-23)16-26-15-18-9-5-2-6-10-18/h1-10,19H,11-16H2,(H,22,24). The molecule has 2 aromatic rings. The number of rotatable bonds is 6. The maximum atomic E-state index is 12.3. The summed E-state index contributed by atoms with van der Waals surface area (Å²) in [5.41, 5.74) is 2.11. The fourth-order valence-corrected chi connectivity index (χ4v) is 3.07. The number of hydrogen-bond acceptors (Lipinski definition) is 3. The Kier molecular flexibility index (Phi) is 6.39. The van der Waals surface area contributed by atoms with Gasteiger partial charge in [-0.25, -0.2) is 0 Å². The maximum absolute atomic E-state index is 12.3. The van der Waals surface area contributed by atoms with E-state index in [2.05, 4.69) is 5.32 Å². The van der Waals surface area contributed by atoms with E-state index >= 15 is 0 Å². The fourth-order valence-electron chi connectivity index (χ4n) is 3.07. The quantitative estimate of drug-likeness (QED) is 0.812. The van der Waals surface area contributed by atoms with Crippen LogP contribution in [0.2, 0.25) is 0 Å². The molecule has 1 fully saturated rings. The zero-order valence-electron chi connectivity index (χ0n) is 14.8. The number of nitrogens with zero attached hydrogens (tertiary/aromatic N) is 1. The molecular weight excluding hydrogens is 328 g/mol. The number of likely N-dealkylation sites (tertiary alicyclic amines) is 1. The molecule has 0 spiro atoms. The Balaban J connectivity index is 1.38. The van der Waals surface area contributed by atoms with Crippen LogP contribution in [0.5, 0.6) is 0 Å². The highest BCUT2D eigenvalue weighted by Crippen LogP contribution is 2.17. The van der Waals surface area contributed by atoms with Gasteiger partial charge in [0.05, 0.1) is 13.2 Å². The molecule has 1 N–H and O–H groups in total. The molecule has 1 aliphatic heterocycles. The van der Waals surface area contributed by atoms with Crippen molar-refractivity contribution in [2.24, 2.45) is 5.92 Å². The summed E-state index contributed by atoms with van der Waals surface area (Å²) in [6, 6.07) is 19.6. The van der Waals surface area contributed by atoms with E-state index in [0.29, 0.717) is 32.8 Å². The predicted molar refractivity (Wildman–Crippen MR) is 99.1 cm³/mol. The van der Waals surface area contributed by atoms with Gasteiger partial charge in [0, 0.05) is 25.6 Å². The lowest BCUT2D eigenvalue weighted by molar-refractivity contribution is -0.145. The van der Waals surface area contributed by atoms with Crippen molar-refractivity contribution < 1.29 is 14.3 Å². The van der Waals surface area contributed by atoms with Gasteiger partial charge in [0.1, 0.15) is 0 Å². The molecule has 2 amide bonds. The number of amides is 2. The summed E-state index contributed by atoms with van der Waals surface area (Å²) in [7, 11) is 0. The van der Waals surface area contributed by atoms with Crippen LogP contribution >= 0.6 is 0 Å². The first-order chi connectivity index (χ1) is 12.7. The van der Waals surface area contributed by atoms with Crippen molar-refractivity contribution in [1.82, 2.24) is 10.2 Å². The van der Waals surface area contributed by atoms with Gasteiger partial charge < -0.3 is 15.0 Å². The number of carbonyl (C=O) groups excluding carboxylic acids is 2. The summed E-state index contributed by atoms with van der Waals surface area (Å²) < 4.78 is 5.76. The van der Waals surface area contributed by atoms with Gasteiger partial charge in [0.25, 0.3) is 0 Å². The number of benzene rings is 2. The van der Waals surface area contributed by atoms with Crippen LogP contribution in [0.3, 0.4) is 0 Å². The molecule has 3 rings (SSSR count). The lowest BCUT2D eigenvalue weighted by atomic mass is 10.1. The molecule has 5 heteroatoms. The Bertz CT molecular complexity index is 719. The van der Waals surface area contributed by atoms with Gasteiger partial charge in [-0.3, -0.25) is 9.59 Å². The van der Waals surface area contributed by atoms with E-state index in [-0.39, 0.29) is 5.92 Å². The van der Waals surface area contributed by atoms with Gasteiger partial charge in [-0.2, -0.15) is 0 Å². The SMILES string of the molecule is O=C(NCc1ccccc1)C(=O)N1CCC(COCc2ccccc2)C1. The second-order valence-electron chi connectivity index (χ2n) is 6.57. The zero-order valence-corrected chi connectivity index (χ0v) is 14.8. The molecule has 0 aromatic heterocycles. The van der Waals surface area contributed by atoms with Crippen LogP contribution in [0.25, 0.3) is 0 Å². The molecule has 5 nitrogen and oxygen atoms in total. The zero-order chi connectivity index (χ0) is 18.2.